The van der Waals surface area contributed by atoms with Gasteiger partial charge in [-0.3, -0.25) is 0 Å². The van der Waals surface area contributed by atoms with Gasteiger partial charge in [0, 0.05) is 54.6 Å². The summed E-state index contributed by atoms with van der Waals surface area (Å²) in [7, 11) is 0. The van der Waals surface area contributed by atoms with Crippen LogP contribution < -0.4 is 5.32 Å². The second-order valence-corrected chi connectivity index (χ2v) is 16.1. The van der Waals surface area contributed by atoms with Gasteiger partial charge in [-0.25, -0.2) is 9.98 Å². The van der Waals surface area contributed by atoms with Gasteiger partial charge in [-0.2, -0.15) is 0 Å². The molecule has 1 N–H and O–H groups in total. The summed E-state index contributed by atoms with van der Waals surface area (Å²) in [6.07, 6.45) is -0.385. The lowest BCUT2D eigenvalue weighted by Crippen LogP contribution is -2.33. The molecule has 6 nitrogen and oxygen atoms in total. The van der Waals surface area contributed by atoms with E-state index in [9.17, 15) is 0 Å². The fourth-order valence-corrected chi connectivity index (χ4v) is 9.60. The second kappa shape index (κ2) is 14.0. The molecule has 6 heteroatoms. The summed E-state index contributed by atoms with van der Waals surface area (Å²) in [5, 5.41) is 10.5. The van der Waals surface area contributed by atoms with Crippen LogP contribution in [0, 0.1) is 0 Å². The topological polar surface area (TPSA) is 68.0 Å². The number of para-hydroxylation sites is 3. The fraction of sp³-hybridized carbons (Fsp3) is 0.0175. The predicted octanol–water partition coefficient (Wildman–Crippen LogP) is 14.4. The number of amidine groups is 2. The Balaban J connectivity index is 1.09. The van der Waals surface area contributed by atoms with E-state index in [2.05, 4.69) is 186 Å². The summed E-state index contributed by atoms with van der Waals surface area (Å²) < 4.78 is 15.3. The molecule has 0 radical (unpaired) electrons. The molecule has 0 bridgehead atoms. The maximum absolute atomic E-state index is 6.47. The number of fused-ring (bicyclic) bond motifs is 10. The molecule has 3 aromatic heterocycles. The minimum Gasteiger partial charge on any atom is -0.456 e. The van der Waals surface area contributed by atoms with Gasteiger partial charge in [-0.1, -0.05) is 152 Å². The first-order valence-corrected chi connectivity index (χ1v) is 21.3. The van der Waals surface area contributed by atoms with E-state index >= 15 is 0 Å². The lowest BCUT2D eigenvalue weighted by Gasteiger charge is -2.26. The smallest absolute Gasteiger partial charge is 0.159 e. The highest BCUT2D eigenvalue weighted by atomic mass is 16.3. The Bertz CT molecular complexity index is 3760. The highest BCUT2D eigenvalue weighted by Crippen LogP contribution is 2.46. The van der Waals surface area contributed by atoms with Gasteiger partial charge in [-0.15, -0.1) is 0 Å². The molecule has 12 aromatic rings. The Morgan fingerprint density at radius 3 is 1.73 bits per heavy atom. The van der Waals surface area contributed by atoms with Crippen molar-refractivity contribution in [2.24, 2.45) is 9.98 Å². The van der Waals surface area contributed by atoms with E-state index in [1.54, 1.807) is 0 Å². The molecule has 0 amide bonds. The molecule has 1 atom stereocenters. The molecule has 296 valence electrons. The zero-order valence-electron chi connectivity index (χ0n) is 33.9. The number of hydrogen-bond acceptors (Lipinski definition) is 5. The first kappa shape index (κ1) is 35.3. The van der Waals surface area contributed by atoms with E-state index < -0.39 is 0 Å². The number of aliphatic imine (C=N–C) groups is 2. The SMILES string of the molecule is c1ccc(-c2cc(C3=NC(c4ccc5c(c4)oc4ccccc45)=NC(c4ccccc4)N3)cc(-c3ccccc3)c2-n2c3ccccc3c3c4c(ccc32)oc2ccccc24)cc1. The number of hydrogen-bond donors (Lipinski definition) is 1. The molecule has 0 aliphatic carbocycles. The van der Waals surface area contributed by atoms with Crippen LogP contribution in [0.4, 0.5) is 0 Å². The number of nitrogens with zero attached hydrogens (tertiary/aromatic N) is 3. The highest BCUT2D eigenvalue weighted by molar-refractivity contribution is 6.28. The molecule has 0 spiro atoms. The minimum absolute atomic E-state index is 0.385. The Labute approximate surface area is 361 Å². The second-order valence-electron chi connectivity index (χ2n) is 16.1. The lowest BCUT2D eigenvalue weighted by molar-refractivity contribution is 0.667. The summed E-state index contributed by atoms with van der Waals surface area (Å²) in [5.41, 5.74) is 13.9. The van der Waals surface area contributed by atoms with Gasteiger partial charge >= 0.3 is 0 Å². The molecule has 63 heavy (non-hydrogen) atoms. The first-order chi connectivity index (χ1) is 31.2. The van der Waals surface area contributed by atoms with Crippen LogP contribution in [0.15, 0.2) is 225 Å². The van der Waals surface area contributed by atoms with Gasteiger partial charge in [0.05, 0.1) is 16.7 Å². The van der Waals surface area contributed by atoms with Crippen molar-refractivity contribution in [2.75, 3.05) is 0 Å². The van der Waals surface area contributed by atoms with Gasteiger partial charge < -0.3 is 18.7 Å². The van der Waals surface area contributed by atoms with E-state index in [4.69, 9.17) is 18.8 Å². The Morgan fingerprint density at radius 1 is 0.413 bits per heavy atom. The Hall–Kier alpha value is -8.48. The summed E-state index contributed by atoms with van der Waals surface area (Å²) >= 11 is 0. The van der Waals surface area contributed by atoms with E-state index in [-0.39, 0.29) is 6.17 Å². The van der Waals surface area contributed by atoms with Gasteiger partial charge in [0.15, 0.2) is 5.84 Å². The monoisotopic (exact) mass is 808 g/mol. The van der Waals surface area contributed by atoms with E-state index in [1.165, 1.54) is 5.39 Å². The molecular weight excluding hydrogens is 773 g/mol. The van der Waals surface area contributed by atoms with Crippen molar-refractivity contribution in [2.45, 2.75) is 6.17 Å². The van der Waals surface area contributed by atoms with Gasteiger partial charge in [0.2, 0.25) is 0 Å². The maximum Gasteiger partial charge on any atom is 0.159 e. The number of nitrogens with one attached hydrogen (secondary N) is 1. The molecule has 0 saturated carbocycles. The average molecular weight is 809 g/mol. The third-order valence-electron chi connectivity index (χ3n) is 12.4. The Morgan fingerprint density at radius 2 is 1.00 bits per heavy atom. The van der Waals surface area contributed by atoms with Crippen LogP contribution in [0.5, 0.6) is 0 Å². The van der Waals surface area contributed by atoms with Crippen LogP contribution in [0.25, 0.3) is 93.6 Å². The summed E-state index contributed by atoms with van der Waals surface area (Å²) in [5.74, 6) is 1.36. The van der Waals surface area contributed by atoms with E-state index in [0.717, 1.165) is 111 Å². The van der Waals surface area contributed by atoms with E-state index in [0.29, 0.717) is 5.84 Å². The number of rotatable bonds is 6. The number of furan rings is 2. The summed E-state index contributed by atoms with van der Waals surface area (Å²) in [4.78, 5) is 10.6. The van der Waals surface area contributed by atoms with Crippen molar-refractivity contribution >= 4 is 77.4 Å². The maximum atomic E-state index is 6.47. The quantitative estimate of drug-likeness (QED) is 0.182. The number of benzene rings is 9. The molecule has 0 fully saturated rings. The lowest BCUT2D eigenvalue weighted by atomic mass is 9.92. The van der Waals surface area contributed by atoms with Crippen molar-refractivity contribution < 1.29 is 8.83 Å². The molecule has 1 unspecified atom stereocenters. The molecular formula is C57H36N4O2. The zero-order chi connectivity index (χ0) is 41.4. The molecule has 13 rings (SSSR count). The third-order valence-corrected chi connectivity index (χ3v) is 12.4. The van der Waals surface area contributed by atoms with Gasteiger partial charge in [0.25, 0.3) is 0 Å². The van der Waals surface area contributed by atoms with Crippen molar-refractivity contribution in [3.63, 3.8) is 0 Å². The number of aromatic nitrogens is 1. The van der Waals surface area contributed by atoms with Crippen molar-refractivity contribution in [1.82, 2.24) is 9.88 Å². The Kier molecular flexibility index (Phi) is 7.87. The molecule has 9 aromatic carbocycles. The molecule has 4 heterocycles. The normalized spacial score (nSPS) is 14.2. The van der Waals surface area contributed by atoms with Crippen LogP contribution in [-0.2, 0) is 0 Å². The molecule has 1 aliphatic heterocycles. The van der Waals surface area contributed by atoms with E-state index in [1.807, 2.05) is 30.3 Å². The van der Waals surface area contributed by atoms with Crippen LogP contribution >= 0.6 is 0 Å². The predicted molar refractivity (Wildman–Crippen MR) is 258 cm³/mol. The molecule has 1 aliphatic rings. The third kappa shape index (κ3) is 5.65. The average Bonchev–Trinajstić information content (AvgIpc) is 4.03. The van der Waals surface area contributed by atoms with Crippen LogP contribution in [0.2, 0.25) is 0 Å². The first-order valence-electron chi connectivity index (χ1n) is 21.3. The zero-order valence-corrected chi connectivity index (χ0v) is 33.9. The largest absolute Gasteiger partial charge is 0.456 e. The minimum atomic E-state index is -0.385. The molecule has 0 saturated heterocycles. The fourth-order valence-electron chi connectivity index (χ4n) is 9.60. The summed E-state index contributed by atoms with van der Waals surface area (Å²) in [6, 6.07) is 72.2. The van der Waals surface area contributed by atoms with Crippen LogP contribution in [-0.4, -0.2) is 16.2 Å². The van der Waals surface area contributed by atoms with Crippen molar-refractivity contribution in [3.05, 3.63) is 223 Å². The van der Waals surface area contributed by atoms with Crippen LogP contribution in [0.3, 0.4) is 0 Å². The van der Waals surface area contributed by atoms with Gasteiger partial charge in [0.1, 0.15) is 34.3 Å². The van der Waals surface area contributed by atoms with Crippen molar-refractivity contribution in [3.8, 4) is 27.9 Å². The summed E-state index contributed by atoms with van der Waals surface area (Å²) in [6.45, 7) is 0. The highest BCUT2D eigenvalue weighted by Gasteiger charge is 2.27. The van der Waals surface area contributed by atoms with Crippen LogP contribution in [0.1, 0.15) is 22.9 Å². The van der Waals surface area contributed by atoms with Crippen molar-refractivity contribution in [1.29, 1.82) is 0 Å². The van der Waals surface area contributed by atoms with Gasteiger partial charge in [-0.05, 0) is 71.3 Å². The standard InChI is InChI=1S/C57H36N4O2/c1-4-16-35(17-5-1)44-32-39(57-59-55(37-20-8-3-9-21-37)58-56(60-57)38-28-29-41-40-22-11-14-26-48(40)63-51(41)34-38)33-45(36-18-6-2-7-19-36)54(44)61-46-25-13-10-23-42(46)52-47(61)30-31-50-53(52)43-24-12-15-27-49(43)62-50/h1-34,55H,(H,58,59,60).